The number of hydrogen-bond donors (Lipinski definition) is 5. The van der Waals surface area contributed by atoms with Gasteiger partial charge in [0.1, 0.15) is 12.2 Å². The molecule has 5 N–H and O–H groups in total. The van der Waals surface area contributed by atoms with Crippen molar-refractivity contribution >= 4 is 0 Å². The van der Waals surface area contributed by atoms with Crippen LogP contribution in [0.4, 0.5) is 0 Å². The Labute approximate surface area is 64.5 Å². The first-order valence-electron chi connectivity index (χ1n) is 3.39. The zero-order valence-corrected chi connectivity index (χ0v) is 6.09. The maximum Gasteiger partial charge on any atom is 0.108 e. The molecule has 0 unspecified atom stereocenters. The largest absolute Gasteiger partial charge is 0.396 e. The van der Waals surface area contributed by atoms with Gasteiger partial charge in [0.25, 0.3) is 0 Å². The highest BCUT2D eigenvalue weighted by molar-refractivity contribution is 4.73. The Balaban J connectivity index is 3.70. The molecule has 0 heterocycles. The van der Waals surface area contributed by atoms with Crippen molar-refractivity contribution < 1.29 is 25.5 Å². The molecule has 0 amide bonds. The van der Waals surface area contributed by atoms with Gasteiger partial charge in [-0.2, -0.15) is 0 Å². The van der Waals surface area contributed by atoms with E-state index in [0.717, 1.165) is 0 Å². The summed E-state index contributed by atoms with van der Waals surface area (Å²) in [5, 5.41) is 43.3. The molecule has 0 aromatic carbocycles. The summed E-state index contributed by atoms with van der Waals surface area (Å²) in [5.41, 5.74) is 0. The molecule has 0 bridgehead atoms. The Morgan fingerprint density at radius 2 is 1.45 bits per heavy atom. The van der Waals surface area contributed by atoms with Crippen LogP contribution in [-0.2, 0) is 0 Å². The minimum absolute atomic E-state index is 0.0156. The van der Waals surface area contributed by atoms with Crippen LogP contribution in [0.2, 0.25) is 0 Å². The molecular weight excluding hydrogens is 152 g/mol. The second kappa shape index (κ2) is 5.45. The zero-order chi connectivity index (χ0) is 8.85. The van der Waals surface area contributed by atoms with Gasteiger partial charge in [-0.05, 0) is 6.42 Å². The van der Waals surface area contributed by atoms with Gasteiger partial charge < -0.3 is 25.5 Å². The molecule has 0 rings (SSSR count). The average molecular weight is 166 g/mol. The maximum absolute atomic E-state index is 8.95. The third-order valence-corrected chi connectivity index (χ3v) is 1.40. The normalized spacial score (nSPS) is 19.4. The average Bonchev–Trinajstić information content (AvgIpc) is 2.02. The molecule has 0 fully saturated rings. The van der Waals surface area contributed by atoms with Crippen molar-refractivity contribution in [3.63, 3.8) is 0 Å². The fraction of sp³-hybridized carbons (Fsp3) is 1.00. The summed E-state index contributed by atoms with van der Waals surface area (Å²) in [6, 6.07) is 0. The molecule has 11 heavy (non-hydrogen) atoms. The van der Waals surface area contributed by atoms with Gasteiger partial charge in [-0.3, -0.25) is 0 Å². The fourth-order valence-electron chi connectivity index (χ4n) is 0.667. The lowest BCUT2D eigenvalue weighted by Crippen LogP contribution is -2.39. The Morgan fingerprint density at radius 1 is 0.909 bits per heavy atom. The second-order valence-electron chi connectivity index (χ2n) is 2.32. The lowest BCUT2D eigenvalue weighted by Gasteiger charge is -2.20. The van der Waals surface area contributed by atoms with Crippen LogP contribution in [0.1, 0.15) is 6.42 Å². The predicted octanol–water partition coefficient (Wildman–Crippen LogP) is -2.56. The van der Waals surface area contributed by atoms with Gasteiger partial charge in [-0.1, -0.05) is 0 Å². The summed E-state index contributed by atoms with van der Waals surface area (Å²) in [4.78, 5) is 0. The zero-order valence-electron chi connectivity index (χ0n) is 6.09. The Bertz CT molecular complexity index is 97.0. The van der Waals surface area contributed by atoms with Gasteiger partial charge in [-0.25, -0.2) is 0 Å². The van der Waals surface area contributed by atoms with Gasteiger partial charge in [0, 0.05) is 6.61 Å². The van der Waals surface area contributed by atoms with E-state index in [-0.39, 0.29) is 13.0 Å². The third-order valence-electron chi connectivity index (χ3n) is 1.40. The van der Waals surface area contributed by atoms with Crippen LogP contribution in [0, 0.1) is 0 Å². The molecule has 0 aliphatic carbocycles. The van der Waals surface area contributed by atoms with Gasteiger partial charge in [0.05, 0.1) is 12.7 Å². The quantitative estimate of drug-likeness (QED) is 0.309. The summed E-state index contributed by atoms with van der Waals surface area (Å²) in [5.74, 6) is 0. The van der Waals surface area contributed by atoms with Gasteiger partial charge in [0.2, 0.25) is 0 Å². The van der Waals surface area contributed by atoms with Crippen LogP contribution >= 0.6 is 0 Å². The summed E-state index contributed by atoms with van der Waals surface area (Å²) in [7, 11) is 0. The molecule has 5 nitrogen and oxygen atoms in total. The van der Waals surface area contributed by atoms with E-state index in [1.54, 1.807) is 0 Å². The summed E-state index contributed by atoms with van der Waals surface area (Å²) >= 11 is 0. The number of aliphatic hydroxyl groups excluding tert-OH is 5. The van der Waals surface area contributed by atoms with Gasteiger partial charge in [-0.15, -0.1) is 0 Å². The first kappa shape index (κ1) is 10.8. The van der Waals surface area contributed by atoms with Crippen molar-refractivity contribution in [2.24, 2.45) is 0 Å². The van der Waals surface area contributed by atoms with Gasteiger partial charge >= 0.3 is 0 Å². The molecule has 0 radical (unpaired) electrons. The second-order valence-corrected chi connectivity index (χ2v) is 2.32. The maximum atomic E-state index is 8.95. The molecule has 0 aliphatic rings. The molecule has 68 valence electrons. The van der Waals surface area contributed by atoms with Crippen molar-refractivity contribution in [3.05, 3.63) is 0 Å². The van der Waals surface area contributed by atoms with Crippen molar-refractivity contribution in [2.45, 2.75) is 24.7 Å². The van der Waals surface area contributed by atoms with E-state index < -0.39 is 24.9 Å². The summed E-state index contributed by atoms with van der Waals surface area (Å²) < 4.78 is 0. The number of hydrogen-bond acceptors (Lipinski definition) is 5. The van der Waals surface area contributed by atoms with Crippen LogP contribution in [0.15, 0.2) is 0 Å². The fourth-order valence-corrected chi connectivity index (χ4v) is 0.667. The highest BCUT2D eigenvalue weighted by Gasteiger charge is 2.22. The summed E-state index contributed by atoms with van der Waals surface area (Å²) in [6.45, 7) is -0.875. The van der Waals surface area contributed by atoms with Gasteiger partial charge in [0.15, 0.2) is 0 Å². The minimum atomic E-state index is -1.40. The van der Waals surface area contributed by atoms with Crippen molar-refractivity contribution in [2.75, 3.05) is 13.2 Å². The molecule has 5 heteroatoms. The van der Waals surface area contributed by atoms with Crippen LogP contribution in [0.25, 0.3) is 0 Å². The molecule has 0 saturated carbocycles. The molecule has 0 aliphatic heterocycles. The molecular formula is C6H14O5. The Hall–Kier alpha value is -0.200. The predicted molar refractivity (Wildman–Crippen MR) is 36.8 cm³/mol. The Morgan fingerprint density at radius 3 is 1.82 bits per heavy atom. The van der Waals surface area contributed by atoms with E-state index in [4.69, 9.17) is 25.5 Å². The summed E-state index contributed by atoms with van der Waals surface area (Å²) in [6.07, 6.45) is -3.95. The minimum Gasteiger partial charge on any atom is -0.396 e. The SMILES string of the molecule is OCC[C@@H](O)[C@@H](O)[C@H](O)CO. The first-order chi connectivity index (χ1) is 5.13. The topological polar surface area (TPSA) is 101 Å². The monoisotopic (exact) mass is 166 g/mol. The van der Waals surface area contributed by atoms with E-state index in [1.807, 2.05) is 0 Å². The highest BCUT2D eigenvalue weighted by atomic mass is 16.4. The highest BCUT2D eigenvalue weighted by Crippen LogP contribution is 2.02. The van der Waals surface area contributed by atoms with Crippen LogP contribution in [0.3, 0.4) is 0 Å². The molecule has 3 atom stereocenters. The third kappa shape index (κ3) is 3.64. The number of rotatable bonds is 5. The Kier molecular flexibility index (Phi) is 5.35. The molecule has 0 aromatic rings. The lowest BCUT2D eigenvalue weighted by molar-refractivity contribution is -0.0813. The van der Waals surface area contributed by atoms with E-state index >= 15 is 0 Å². The molecule has 0 saturated heterocycles. The molecule has 0 spiro atoms. The van der Waals surface area contributed by atoms with E-state index in [9.17, 15) is 0 Å². The van der Waals surface area contributed by atoms with Crippen LogP contribution in [-0.4, -0.2) is 57.1 Å². The van der Waals surface area contributed by atoms with Crippen molar-refractivity contribution in [3.8, 4) is 0 Å². The van der Waals surface area contributed by atoms with E-state index in [0.29, 0.717) is 0 Å². The van der Waals surface area contributed by atoms with Crippen LogP contribution < -0.4 is 0 Å². The lowest BCUT2D eigenvalue weighted by atomic mass is 10.1. The molecule has 0 aromatic heterocycles. The van der Waals surface area contributed by atoms with E-state index in [1.165, 1.54) is 0 Å². The standard InChI is InChI=1S/C6H14O5/c7-2-1-4(9)6(11)5(10)3-8/h4-11H,1-3H2/t4-,5-,6-/m1/s1. The van der Waals surface area contributed by atoms with Crippen molar-refractivity contribution in [1.82, 2.24) is 0 Å². The van der Waals surface area contributed by atoms with Crippen molar-refractivity contribution in [1.29, 1.82) is 0 Å². The number of aliphatic hydroxyl groups is 5. The van der Waals surface area contributed by atoms with E-state index in [2.05, 4.69) is 0 Å². The first-order valence-corrected chi connectivity index (χ1v) is 3.39. The smallest absolute Gasteiger partial charge is 0.108 e. The van der Waals surface area contributed by atoms with Crippen LogP contribution in [0.5, 0.6) is 0 Å².